The number of benzene rings is 1. The summed E-state index contributed by atoms with van der Waals surface area (Å²) < 4.78 is 28.0. The standard InChI is InChI=1S/C34H37ClF2N6OS/c1-21(36)15-24-8-10-28(41-24)32-30-16-22(18-38-12-13-40-29(20-44)27-5-2-3-11-39-27)19-43(30)34(31-6-4-14-45-31)42-33(32)25-9-7-23(37)17-26(25)35/h2-5,7-11,14-15,17,21-22,29,31,33,38,40,44H,6,12-13,16,18-20H2,1H3/b24-15+/t21?,22-,29?,31?,33+/m1/s1. The Bertz CT molecular complexity index is 1570. The zero-order valence-corrected chi connectivity index (χ0v) is 26.6. The van der Waals surface area contributed by atoms with Gasteiger partial charge in [-0.3, -0.25) is 9.98 Å². The van der Waals surface area contributed by atoms with E-state index in [0.29, 0.717) is 23.2 Å². The summed E-state index contributed by atoms with van der Waals surface area (Å²) in [6, 6.07) is 9.47. The quantitative estimate of drug-likeness (QED) is 0.241. The minimum atomic E-state index is -1.12. The van der Waals surface area contributed by atoms with Crippen LogP contribution >= 0.6 is 23.4 Å². The Hall–Kier alpha value is -3.15. The molecule has 0 amide bonds. The first-order valence-corrected chi connectivity index (χ1v) is 16.7. The number of amidine groups is 1. The molecule has 2 aromatic rings. The van der Waals surface area contributed by atoms with Gasteiger partial charge in [0.25, 0.3) is 0 Å². The molecule has 0 bridgehead atoms. The van der Waals surface area contributed by atoms with Crippen LogP contribution in [0.4, 0.5) is 8.78 Å². The van der Waals surface area contributed by atoms with Gasteiger partial charge in [0, 0.05) is 54.2 Å². The zero-order valence-electron chi connectivity index (χ0n) is 25.0. The smallest absolute Gasteiger partial charge is 0.124 e. The van der Waals surface area contributed by atoms with Gasteiger partial charge in [0.1, 0.15) is 23.9 Å². The molecule has 236 valence electrons. The normalized spacial score (nSPS) is 24.8. The van der Waals surface area contributed by atoms with E-state index >= 15 is 0 Å². The number of allylic oxidation sites excluding steroid dienone is 5. The van der Waals surface area contributed by atoms with Crippen LogP contribution in [0.1, 0.15) is 43.1 Å². The fourth-order valence-electron chi connectivity index (χ4n) is 6.25. The topological polar surface area (TPSA) is 85.1 Å². The second-order valence-electron chi connectivity index (χ2n) is 11.6. The molecule has 7 nitrogen and oxygen atoms in total. The summed E-state index contributed by atoms with van der Waals surface area (Å²) in [7, 11) is 0. The Morgan fingerprint density at radius 2 is 2.11 bits per heavy atom. The maximum atomic E-state index is 14.1. The second-order valence-corrected chi connectivity index (χ2v) is 13.1. The van der Waals surface area contributed by atoms with Crippen molar-refractivity contribution >= 4 is 34.9 Å². The molecule has 1 saturated heterocycles. The number of thioether (sulfide) groups is 1. The lowest BCUT2D eigenvalue weighted by Crippen LogP contribution is -2.40. The molecule has 0 spiro atoms. The number of rotatable bonds is 12. The highest BCUT2D eigenvalue weighted by Crippen LogP contribution is 2.46. The summed E-state index contributed by atoms with van der Waals surface area (Å²) >= 11 is 8.42. The lowest BCUT2D eigenvalue weighted by molar-refractivity contribution is 0.242. The van der Waals surface area contributed by atoms with E-state index in [1.165, 1.54) is 25.1 Å². The van der Waals surface area contributed by atoms with Crippen LogP contribution in [0.15, 0.2) is 99.3 Å². The van der Waals surface area contributed by atoms with Crippen molar-refractivity contribution in [3.8, 4) is 0 Å². The van der Waals surface area contributed by atoms with Crippen LogP contribution in [-0.2, 0) is 0 Å². The van der Waals surface area contributed by atoms with Crippen molar-refractivity contribution in [3.63, 3.8) is 0 Å². The number of pyridine rings is 1. The summed E-state index contributed by atoms with van der Waals surface area (Å²) in [6.45, 7) is 4.45. The summed E-state index contributed by atoms with van der Waals surface area (Å²) in [5, 5.41) is 19.4. The Balaban J connectivity index is 1.25. The molecule has 1 aromatic heterocycles. The van der Waals surface area contributed by atoms with E-state index in [4.69, 9.17) is 21.6 Å². The lowest BCUT2D eigenvalue weighted by Gasteiger charge is -2.35. The van der Waals surface area contributed by atoms with Crippen LogP contribution < -0.4 is 10.6 Å². The largest absolute Gasteiger partial charge is 0.394 e. The third kappa shape index (κ3) is 7.31. The molecule has 5 atom stereocenters. The highest BCUT2D eigenvalue weighted by Gasteiger charge is 2.42. The Morgan fingerprint density at radius 3 is 2.84 bits per heavy atom. The van der Waals surface area contributed by atoms with Crippen molar-refractivity contribution in [2.45, 2.75) is 43.3 Å². The van der Waals surface area contributed by atoms with E-state index < -0.39 is 18.0 Å². The molecule has 0 aliphatic carbocycles. The van der Waals surface area contributed by atoms with Crippen molar-refractivity contribution in [3.05, 3.63) is 111 Å². The monoisotopic (exact) mass is 650 g/mol. The summed E-state index contributed by atoms with van der Waals surface area (Å²) in [5.74, 6) is 0.899. The van der Waals surface area contributed by atoms with Gasteiger partial charge in [0.05, 0.1) is 35.0 Å². The predicted octanol–water partition coefficient (Wildman–Crippen LogP) is 6.09. The highest BCUT2D eigenvalue weighted by molar-refractivity contribution is 8.03. The van der Waals surface area contributed by atoms with Gasteiger partial charge in [0.15, 0.2) is 0 Å². The molecule has 45 heavy (non-hydrogen) atoms. The Morgan fingerprint density at radius 1 is 1.22 bits per heavy atom. The lowest BCUT2D eigenvalue weighted by atomic mass is 9.90. The number of fused-ring (bicyclic) bond motifs is 1. The van der Waals surface area contributed by atoms with Crippen LogP contribution in [0.3, 0.4) is 0 Å². The molecule has 6 rings (SSSR count). The molecule has 4 aliphatic rings. The predicted molar refractivity (Wildman–Crippen MR) is 179 cm³/mol. The van der Waals surface area contributed by atoms with Gasteiger partial charge >= 0.3 is 0 Å². The van der Waals surface area contributed by atoms with E-state index in [2.05, 4.69) is 32.0 Å². The number of aliphatic imine (C=N–C) groups is 2. The first-order chi connectivity index (χ1) is 21.9. The average Bonchev–Trinajstić information content (AvgIpc) is 3.80. The van der Waals surface area contributed by atoms with Crippen LogP contribution in [0.25, 0.3) is 0 Å². The van der Waals surface area contributed by atoms with Crippen molar-refractivity contribution in [2.75, 3.05) is 32.8 Å². The fourth-order valence-corrected chi connectivity index (χ4v) is 7.47. The zero-order chi connectivity index (χ0) is 31.3. The van der Waals surface area contributed by atoms with Gasteiger partial charge in [-0.2, -0.15) is 0 Å². The molecular weight excluding hydrogens is 614 g/mol. The molecule has 4 aliphatic heterocycles. The molecule has 0 saturated carbocycles. The fraction of sp³-hybridized carbons (Fsp3) is 0.382. The molecule has 3 unspecified atom stereocenters. The maximum Gasteiger partial charge on any atom is 0.124 e. The summed E-state index contributed by atoms with van der Waals surface area (Å²) in [4.78, 5) is 16.8. The van der Waals surface area contributed by atoms with Gasteiger partial charge < -0.3 is 20.6 Å². The van der Waals surface area contributed by atoms with Gasteiger partial charge in [-0.1, -0.05) is 29.8 Å². The first kappa shape index (κ1) is 31.8. The van der Waals surface area contributed by atoms with E-state index in [9.17, 15) is 13.9 Å². The second kappa shape index (κ2) is 14.5. The molecule has 0 radical (unpaired) electrons. The van der Waals surface area contributed by atoms with Crippen molar-refractivity contribution in [1.29, 1.82) is 0 Å². The molecule has 1 fully saturated rings. The molecule has 3 N–H and O–H groups in total. The van der Waals surface area contributed by atoms with Crippen LogP contribution in [0, 0.1) is 11.7 Å². The molecule has 11 heteroatoms. The maximum absolute atomic E-state index is 14.1. The number of hydrogen-bond donors (Lipinski definition) is 3. The number of aliphatic hydroxyl groups is 1. The van der Waals surface area contributed by atoms with Crippen LogP contribution in [-0.4, -0.2) is 70.7 Å². The van der Waals surface area contributed by atoms with Gasteiger partial charge in [-0.05, 0) is 73.6 Å². The molecule has 5 heterocycles. The first-order valence-electron chi connectivity index (χ1n) is 15.3. The summed E-state index contributed by atoms with van der Waals surface area (Å²) in [5.41, 5.74) is 4.91. The number of aromatic nitrogens is 1. The van der Waals surface area contributed by atoms with Gasteiger partial charge in [-0.25, -0.2) is 13.8 Å². The number of alkyl halides is 1. The highest BCUT2D eigenvalue weighted by atomic mass is 35.5. The van der Waals surface area contributed by atoms with Crippen molar-refractivity contribution in [1.82, 2.24) is 20.5 Å². The van der Waals surface area contributed by atoms with E-state index in [1.54, 1.807) is 24.0 Å². The molecular formula is C34H37ClF2N6OS. The van der Waals surface area contributed by atoms with E-state index in [0.717, 1.165) is 66.6 Å². The van der Waals surface area contributed by atoms with E-state index in [-0.39, 0.29) is 17.9 Å². The number of halogens is 3. The summed E-state index contributed by atoms with van der Waals surface area (Å²) in [6.07, 6.45) is 9.70. The SMILES string of the molecule is CC(F)/C=C1\C=CC(C2=C3C[C@H](CNCCNC(CO)c4ccccn4)CN3C(C3CC=CS3)=N[C@H]2c2ccc(F)cc2Cl)=N1. The van der Waals surface area contributed by atoms with Crippen molar-refractivity contribution < 1.29 is 13.9 Å². The van der Waals surface area contributed by atoms with Crippen molar-refractivity contribution in [2.24, 2.45) is 15.9 Å². The Labute approximate surface area is 272 Å². The average molecular weight is 651 g/mol. The minimum absolute atomic E-state index is 0.0274. The number of hydrogen-bond acceptors (Lipinski definition) is 8. The minimum Gasteiger partial charge on any atom is -0.394 e. The third-order valence-corrected chi connectivity index (χ3v) is 9.70. The molecule has 1 aromatic carbocycles. The Kier molecular flexibility index (Phi) is 10.3. The third-order valence-electron chi connectivity index (χ3n) is 8.30. The van der Waals surface area contributed by atoms with E-state index in [1.807, 2.05) is 30.4 Å². The van der Waals surface area contributed by atoms with Gasteiger partial charge in [-0.15, -0.1) is 11.8 Å². The van der Waals surface area contributed by atoms with Gasteiger partial charge in [0.2, 0.25) is 0 Å². The number of nitrogens with zero attached hydrogens (tertiary/aromatic N) is 4. The number of nitrogens with one attached hydrogen (secondary N) is 2. The van der Waals surface area contributed by atoms with Crippen LogP contribution in [0.5, 0.6) is 0 Å². The number of aliphatic hydroxyl groups excluding tert-OH is 1. The van der Waals surface area contributed by atoms with Crippen LogP contribution in [0.2, 0.25) is 5.02 Å².